The predicted octanol–water partition coefficient (Wildman–Crippen LogP) is 4.98. The Morgan fingerprint density at radius 2 is 1.82 bits per heavy atom. The van der Waals surface area contributed by atoms with Gasteiger partial charge in [-0.1, -0.05) is 18.2 Å². The lowest BCUT2D eigenvalue weighted by molar-refractivity contribution is 0.102. The van der Waals surface area contributed by atoms with Gasteiger partial charge in [0.05, 0.1) is 11.3 Å². The highest BCUT2D eigenvalue weighted by molar-refractivity contribution is 6.04. The summed E-state index contributed by atoms with van der Waals surface area (Å²) in [6.07, 6.45) is 3.81. The number of anilines is 1. The van der Waals surface area contributed by atoms with E-state index in [1.54, 1.807) is 18.2 Å². The van der Waals surface area contributed by atoms with E-state index >= 15 is 0 Å². The van der Waals surface area contributed by atoms with E-state index in [0.29, 0.717) is 17.4 Å². The molecule has 2 aromatic carbocycles. The van der Waals surface area contributed by atoms with Crippen molar-refractivity contribution in [3.63, 3.8) is 0 Å². The van der Waals surface area contributed by atoms with Crippen molar-refractivity contribution >= 4 is 17.2 Å². The summed E-state index contributed by atoms with van der Waals surface area (Å²) in [5.74, 6) is -5.43. The van der Waals surface area contributed by atoms with Crippen molar-refractivity contribution in [3.05, 3.63) is 89.5 Å². The molecule has 7 heteroatoms. The lowest BCUT2D eigenvalue weighted by Gasteiger charge is -2.08. The SMILES string of the molecule is Cc1ccc2nc(-c3cccc(NC(=O)c4ccc(F)c(F)c4F)c3)cn2c1. The maximum Gasteiger partial charge on any atom is 0.258 e. The average Bonchev–Trinajstić information content (AvgIpc) is 3.09. The Kier molecular flexibility index (Phi) is 4.35. The number of benzene rings is 2. The molecule has 0 aliphatic carbocycles. The predicted molar refractivity (Wildman–Crippen MR) is 99.6 cm³/mol. The minimum atomic E-state index is -1.68. The number of carbonyl (C=O) groups excluding carboxylic acids is 1. The molecule has 1 N–H and O–H groups in total. The van der Waals surface area contributed by atoms with E-state index in [1.807, 2.05) is 41.9 Å². The number of hydrogen-bond acceptors (Lipinski definition) is 2. The van der Waals surface area contributed by atoms with Gasteiger partial charge in [0.1, 0.15) is 5.65 Å². The van der Waals surface area contributed by atoms with Crippen LogP contribution in [0.1, 0.15) is 15.9 Å². The third-order valence-electron chi connectivity index (χ3n) is 4.29. The fourth-order valence-electron chi connectivity index (χ4n) is 2.90. The zero-order valence-corrected chi connectivity index (χ0v) is 14.7. The standard InChI is InChI=1S/C21H14F3N3O/c1-12-5-8-18-26-17(11-27(18)10-12)13-3-2-4-14(9-13)25-21(28)15-6-7-16(22)20(24)19(15)23/h2-11H,1H3,(H,25,28). The number of nitrogens with one attached hydrogen (secondary N) is 1. The van der Waals surface area contributed by atoms with Crippen LogP contribution in [0.5, 0.6) is 0 Å². The van der Waals surface area contributed by atoms with Crippen molar-refractivity contribution in [1.29, 1.82) is 0 Å². The minimum Gasteiger partial charge on any atom is -0.322 e. The van der Waals surface area contributed by atoms with E-state index in [1.165, 1.54) is 0 Å². The molecule has 0 unspecified atom stereocenters. The van der Waals surface area contributed by atoms with Crippen molar-refractivity contribution in [2.75, 3.05) is 5.32 Å². The molecule has 4 nitrogen and oxygen atoms in total. The summed E-state index contributed by atoms with van der Waals surface area (Å²) in [4.78, 5) is 16.8. The second kappa shape index (κ2) is 6.84. The van der Waals surface area contributed by atoms with Gasteiger partial charge in [-0.25, -0.2) is 18.2 Å². The number of imidazole rings is 1. The van der Waals surface area contributed by atoms with Crippen LogP contribution in [-0.2, 0) is 0 Å². The Labute approximate surface area is 158 Å². The summed E-state index contributed by atoms with van der Waals surface area (Å²) in [6, 6.07) is 12.3. The number of fused-ring (bicyclic) bond motifs is 1. The van der Waals surface area contributed by atoms with Gasteiger partial charge in [0.15, 0.2) is 17.5 Å². The second-order valence-electron chi connectivity index (χ2n) is 6.36. The van der Waals surface area contributed by atoms with E-state index in [2.05, 4.69) is 10.3 Å². The third kappa shape index (κ3) is 3.22. The fourth-order valence-corrected chi connectivity index (χ4v) is 2.90. The van der Waals surface area contributed by atoms with Crippen LogP contribution in [-0.4, -0.2) is 15.3 Å². The van der Waals surface area contributed by atoms with E-state index in [9.17, 15) is 18.0 Å². The van der Waals surface area contributed by atoms with Gasteiger partial charge in [-0.05, 0) is 42.8 Å². The maximum absolute atomic E-state index is 13.8. The molecule has 28 heavy (non-hydrogen) atoms. The Hall–Kier alpha value is -3.61. The molecule has 0 saturated carbocycles. The van der Waals surface area contributed by atoms with E-state index < -0.39 is 28.9 Å². The Bertz CT molecular complexity index is 1220. The minimum absolute atomic E-state index is 0.375. The number of aromatic nitrogens is 2. The normalized spacial score (nSPS) is 11.0. The van der Waals surface area contributed by atoms with E-state index in [-0.39, 0.29) is 0 Å². The number of halogens is 3. The molecule has 2 aromatic heterocycles. The number of carbonyl (C=O) groups is 1. The molecule has 4 rings (SSSR count). The largest absolute Gasteiger partial charge is 0.322 e. The molecule has 2 heterocycles. The number of aryl methyl sites for hydroxylation is 1. The molecular formula is C21H14F3N3O. The maximum atomic E-state index is 13.8. The molecule has 4 aromatic rings. The summed E-state index contributed by atoms with van der Waals surface area (Å²) < 4.78 is 42.1. The van der Waals surface area contributed by atoms with Crippen LogP contribution in [0.3, 0.4) is 0 Å². The molecule has 0 fully saturated rings. The second-order valence-corrected chi connectivity index (χ2v) is 6.36. The zero-order chi connectivity index (χ0) is 19.8. The van der Waals surface area contributed by atoms with Gasteiger partial charge >= 0.3 is 0 Å². The summed E-state index contributed by atoms with van der Waals surface area (Å²) >= 11 is 0. The van der Waals surface area contributed by atoms with E-state index in [0.717, 1.165) is 22.8 Å². The Morgan fingerprint density at radius 3 is 2.64 bits per heavy atom. The molecule has 0 aliphatic heterocycles. The lowest BCUT2D eigenvalue weighted by atomic mass is 10.1. The van der Waals surface area contributed by atoms with Crippen LogP contribution in [0, 0.1) is 24.4 Å². The van der Waals surface area contributed by atoms with Crippen molar-refractivity contribution in [3.8, 4) is 11.3 Å². The first-order valence-corrected chi connectivity index (χ1v) is 8.43. The molecule has 0 spiro atoms. The highest BCUT2D eigenvalue weighted by atomic mass is 19.2. The zero-order valence-electron chi connectivity index (χ0n) is 14.7. The molecule has 140 valence electrons. The van der Waals surface area contributed by atoms with Crippen LogP contribution >= 0.6 is 0 Å². The highest BCUT2D eigenvalue weighted by Gasteiger charge is 2.19. The van der Waals surface area contributed by atoms with Gasteiger partial charge in [0.2, 0.25) is 0 Å². The molecule has 0 radical (unpaired) electrons. The molecule has 0 atom stereocenters. The lowest BCUT2D eigenvalue weighted by Crippen LogP contribution is -2.15. The number of amides is 1. The van der Waals surface area contributed by atoms with Crippen molar-refractivity contribution in [2.24, 2.45) is 0 Å². The van der Waals surface area contributed by atoms with Gasteiger partial charge < -0.3 is 9.72 Å². The van der Waals surface area contributed by atoms with Crippen LogP contribution in [0.15, 0.2) is 60.9 Å². The summed E-state index contributed by atoms with van der Waals surface area (Å²) in [7, 11) is 0. The molecule has 0 aliphatic rings. The number of nitrogens with zero attached hydrogens (tertiary/aromatic N) is 2. The van der Waals surface area contributed by atoms with Crippen molar-refractivity contribution < 1.29 is 18.0 Å². The first-order valence-electron chi connectivity index (χ1n) is 8.43. The smallest absolute Gasteiger partial charge is 0.258 e. The van der Waals surface area contributed by atoms with Crippen LogP contribution < -0.4 is 5.32 Å². The van der Waals surface area contributed by atoms with E-state index in [4.69, 9.17) is 0 Å². The van der Waals surface area contributed by atoms with Crippen molar-refractivity contribution in [2.45, 2.75) is 6.92 Å². The quantitative estimate of drug-likeness (QED) is 0.509. The van der Waals surface area contributed by atoms with Crippen LogP contribution in [0.2, 0.25) is 0 Å². The summed E-state index contributed by atoms with van der Waals surface area (Å²) in [5.41, 5.74) is 3.10. The third-order valence-corrected chi connectivity index (χ3v) is 4.29. The van der Waals surface area contributed by atoms with Crippen LogP contribution in [0.25, 0.3) is 16.9 Å². The molecule has 1 amide bonds. The topological polar surface area (TPSA) is 46.4 Å². The van der Waals surface area contributed by atoms with Crippen LogP contribution in [0.4, 0.5) is 18.9 Å². The van der Waals surface area contributed by atoms with Gasteiger partial charge in [-0.15, -0.1) is 0 Å². The number of hydrogen-bond donors (Lipinski definition) is 1. The summed E-state index contributed by atoms with van der Waals surface area (Å²) in [6.45, 7) is 1.98. The van der Waals surface area contributed by atoms with Gasteiger partial charge in [-0.3, -0.25) is 4.79 Å². The molecular weight excluding hydrogens is 367 g/mol. The highest BCUT2D eigenvalue weighted by Crippen LogP contribution is 2.24. The van der Waals surface area contributed by atoms with Crippen molar-refractivity contribution in [1.82, 2.24) is 9.38 Å². The Balaban J connectivity index is 1.63. The van der Waals surface area contributed by atoms with Gasteiger partial charge in [-0.2, -0.15) is 0 Å². The summed E-state index contributed by atoms with van der Waals surface area (Å²) in [5, 5.41) is 2.50. The Morgan fingerprint density at radius 1 is 1.00 bits per heavy atom. The monoisotopic (exact) mass is 381 g/mol. The van der Waals surface area contributed by atoms with Gasteiger partial charge in [0.25, 0.3) is 5.91 Å². The van der Waals surface area contributed by atoms with Gasteiger partial charge in [0, 0.05) is 23.6 Å². The molecule has 0 bridgehead atoms. The molecule has 0 saturated heterocycles. The first kappa shape index (κ1) is 17.8. The number of rotatable bonds is 3. The fraction of sp³-hybridized carbons (Fsp3) is 0.0476. The number of pyridine rings is 1. The average molecular weight is 381 g/mol. The first-order chi connectivity index (χ1) is 13.4.